The van der Waals surface area contributed by atoms with Gasteiger partial charge in [-0.25, -0.2) is 4.39 Å². The summed E-state index contributed by atoms with van der Waals surface area (Å²) in [6.45, 7) is -0.922. The van der Waals surface area contributed by atoms with Crippen molar-refractivity contribution in [3.8, 4) is 17.0 Å². The largest absolute Gasteiger partial charge is 0.431 e. The average Bonchev–Trinajstić information content (AvgIpc) is 2.67. The lowest BCUT2D eigenvalue weighted by molar-refractivity contribution is -0.0517. The second-order valence-electron chi connectivity index (χ2n) is 7.10. The summed E-state index contributed by atoms with van der Waals surface area (Å²) in [7, 11) is 0. The number of hydrogen-bond acceptors (Lipinski definition) is 2. The Kier molecular flexibility index (Phi) is 6.64. The third kappa shape index (κ3) is 4.75. The van der Waals surface area contributed by atoms with Crippen LogP contribution in [0.4, 0.5) is 13.2 Å². The van der Waals surface area contributed by atoms with Crippen molar-refractivity contribution in [2.45, 2.75) is 58.0 Å². The Balaban J connectivity index is 1.79. The minimum absolute atomic E-state index is 0.162. The molecule has 2 aromatic rings. The van der Waals surface area contributed by atoms with Gasteiger partial charge in [-0.05, 0) is 61.3 Å². The van der Waals surface area contributed by atoms with E-state index in [0.717, 1.165) is 24.3 Å². The van der Waals surface area contributed by atoms with Gasteiger partial charge < -0.3 is 4.74 Å². The van der Waals surface area contributed by atoms with Crippen LogP contribution in [0.3, 0.4) is 0 Å². The Morgan fingerprint density at radius 2 is 1.89 bits per heavy atom. The summed E-state index contributed by atoms with van der Waals surface area (Å²) in [4.78, 5) is 4.38. The van der Waals surface area contributed by atoms with Crippen LogP contribution in [0.25, 0.3) is 11.3 Å². The predicted molar refractivity (Wildman–Crippen MR) is 101 cm³/mol. The Labute approximate surface area is 162 Å². The van der Waals surface area contributed by atoms with Gasteiger partial charge >= 0.3 is 6.61 Å². The van der Waals surface area contributed by atoms with E-state index in [2.05, 4.69) is 16.6 Å². The zero-order valence-corrected chi connectivity index (χ0v) is 16.0. The smallest absolute Gasteiger partial charge is 0.387 e. The molecule has 0 bridgehead atoms. The summed E-state index contributed by atoms with van der Waals surface area (Å²) in [6.07, 6.45) is 9.02. The lowest BCUT2D eigenvalue weighted by atomic mass is 9.77. The van der Waals surface area contributed by atoms with Crippen LogP contribution < -0.4 is 4.74 Å². The topological polar surface area (TPSA) is 22.1 Å². The van der Waals surface area contributed by atoms with Gasteiger partial charge in [0.05, 0.1) is 10.7 Å². The second-order valence-corrected chi connectivity index (χ2v) is 7.51. The average molecular weight is 398 g/mol. The Hall–Kier alpha value is -1.75. The number of aromatic nitrogens is 1. The molecule has 0 amide bonds. The van der Waals surface area contributed by atoms with Gasteiger partial charge in [0, 0.05) is 11.8 Å². The van der Waals surface area contributed by atoms with Crippen molar-refractivity contribution < 1.29 is 17.9 Å². The molecule has 1 aromatic heterocycles. The summed E-state index contributed by atoms with van der Waals surface area (Å²) < 4.78 is 43.9. The third-order valence-electron chi connectivity index (χ3n) is 5.33. The van der Waals surface area contributed by atoms with Gasteiger partial charge in [-0.1, -0.05) is 37.4 Å². The van der Waals surface area contributed by atoms with Crippen LogP contribution in [0.2, 0.25) is 5.02 Å². The zero-order valence-electron chi connectivity index (χ0n) is 15.2. The minimum Gasteiger partial charge on any atom is -0.431 e. The summed E-state index contributed by atoms with van der Waals surface area (Å²) >= 11 is 5.70. The second kappa shape index (κ2) is 8.96. The molecule has 1 fully saturated rings. The zero-order chi connectivity index (χ0) is 19.4. The van der Waals surface area contributed by atoms with Gasteiger partial charge in [0.25, 0.3) is 0 Å². The number of hydrogen-bond donors (Lipinski definition) is 0. The van der Waals surface area contributed by atoms with E-state index in [4.69, 9.17) is 11.6 Å². The molecular weight excluding hydrogens is 375 g/mol. The van der Waals surface area contributed by atoms with Crippen LogP contribution in [0.1, 0.15) is 56.9 Å². The molecule has 0 aliphatic heterocycles. The first kappa shape index (κ1) is 20.0. The van der Waals surface area contributed by atoms with Crippen LogP contribution in [0.5, 0.6) is 5.75 Å². The van der Waals surface area contributed by atoms with Gasteiger partial charge in [0.1, 0.15) is 0 Å². The molecule has 146 valence electrons. The summed E-state index contributed by atoms with van der Waals surface area (Å²) in [6, 6.07) is 6.44. The Morgan fingerprint density at radius 1 is 1.15 bits per heavy atom. The molecule has 1 aliphatic rings. The number of pyridine rings is 1. The van der Waals surface area contributed by atoms with E-state index in [1.807, 2.05) is 6.07 Å². The fourth-order valence-electron chi connectivity index (χ4n) is 3.94. The lowest BCUT2D eigenvalue weighted by Crippen LogP contribution is -2.13. The first-order valence-electron chi connectivity index (χ1n) is 9.38. The summed E-state index contributed by atoms with van der Waals surface area (Å²) in [5.41, 5.74) is 1.68. The monoisotopic (exact) mass is 397 g/mol. The van der Waals surface area contributed by atoms with E-state index in [1.165, 1.54) is 37.8 Å². The third-order valence-corrected chi connectivity index (χ3v) is 5.63. The summed E-state index contributed by atoms with van der Waals surface area (Å²) in [5.74, 6) is -0.282. The molecule has 27 heavy (non-hydrogen) atoms. The minimum atomic E-state index is -3.14. The van der Waals surface area contributed by atoms with Crippen molar-refractivity contribution in [1.29, 1.82) is 0 Å². The highest BCUT2D eigenvalue weighted by Gasteiger charge is 2.23. The van der Waals surface area contributed by atoms with Crippen molar-refractivity contribution >= 4 is 11.6 Å². The molecular formula is C21H23ClF3NO. The van der Waals surface area contributed by atoms with Crippen LogP contribution in [-0.4, -0.2) is 11.6 Å². The van der Waals surface area contributed by atoms with Crippen molar-refractivity contribution in [2.24, 2.45) is 5.92 Å². The molecule has 0 radical (unpaired) electrons. The van der Waals surface area contributed by atoms with Crippen LogP contribution in [0, 0.1) is 11.7 Å². The quantitative estimate of drug-likeness (QED) is 0.513. The maximum atomic E-state index is 14.2. The molecule has 1 aromatic carbocycles. The maximum absolute atomic E-state index is 14.2. The van der Waals surface area contributed by atoms with Crippen LogP contribution in [0.15, 0.2) is 30.5 Å². The van der Waals surface area contributed by atoms with E-state index in [9.17, 15) is 13.2 Å². The number of rotatable bonds is 6. The fourth-order valence-corrected chi connectivity index (χ4v) is 4.09. The molecule has 0 unspecified atom stereocenters. The molecule has 0 atom stereocenters. The van der Waals surface area contributed by atoms with Gasteiger partial charge in [-0.2, -0.15) is 8.78 Å². The van der Waals surface area contributed by atoms with Gasteiger partial charge in [-0.15, -0.1) is 0 Å². The molecule has 0 saturated heterocycles. The highest BCUT2D eigenvalue weighted by Crippen LogP contribution is 2.39. The van der Waals surface area contributed by atoms with Crippen LogP contribution >= 0.6 is 11.6 Å². The first-order chi connectivity index (χ1) is 13.0. The number of benzene rings is 1. The fraction of sp³-hybridized carbons (Fsp3) is 0.476. The SMILES string of the molecule is CCCC1CCC(c2ccc(-c3ccc(Cl)c(F)c3OC(F)F)nc2)CC1. The molecule has 3 rings (SSSR count). The number of nitrogens with zero attached hydrogens (tertiary/aromatic N) is 1. The Morgan fingerprint density at radius 3 is 2.48 bits per heavy atom. The molecule has 1 heterocycles. The van der Waals surface area contributed by atoms with Crippen molar-refractivity contribution in [2.75, 3.05) is 0 Å². The number of alkyl halides is 2. The summed E-state index contributed by atoms with van der Waals surface area (Å²) in [5, 5.41) is -0.269. The van der Waals surface area contributed by atoms with E-state index in [0.29, 0.717) is 11.6 Å². The lowest BCUT2D eigenvalue weighted by Gasteiger charge is -2.28. The van der Waals surface area contributed by atoms with Crippen molar-refractivity contribution in [1.82, 2.24) is 4.98 Å². The normalized spacial score (nSPS) is 20.1. The Bertz CT molecular complexity index is 759. The van der Waals surface area contributed by atoms with E-state index in [1.54, 1.807) is 12.3 Å². The standard InChI is InChI=1S/C21H23ClF3NO/c1-2-3-13-4-6-14(7-5-13)15-8-11-18(26-12-15)16-9-10-17(22)19(23)20(16)27-21(24)25/h8-14,21H,2-7H2,1H3. The number of halogens is 4. The molecule has 0 spiro atoms. The van der Waals surface area contributed by atoms with Gasteiger partial charge in [-0.3, -0.25) is 4.98 Å². The predicted octanol–water partition coefficient (Wildman–Crippen LogP) is 7.22. The van der Waals surface area contributed by atoms with Gasteiger partial charge in [0.15, 0.2) is 11.6 Å². The van der Waals surface area contributed by atoms with E-state index < -0.39 is 18.2 Å². The highest BCUT2D eigenvalue weighted by molar-refractivity contribution is 6.31. The molecule has 1 saturated carbocycles. The van der Waals surface area contributed by atoms with E-state index >= 15 is 0 Å². The van der Waals surface area contributed by atoms with Crippen molar-refractivity contribution in [3.63, 3.8) is 0 Å². The van der Waals surface area contributed by atoms with Crippen LogP contribution in [-0.2, 0) is 0 Å². The molecule has 1 aliphatic carbocycles. The van der Waals surface area contributed by atoms with Gasteiger partial charge in [0.2, 0.25) is 0 Å². The molecule has 0 N–H and O–H groups in total. The maximum Gasteiger partial charge on any atom is 0.387 e. The number of ether oxygens (including phenoxy) is 1. The molecule has 2 nitrogen and oxygen atoms in total. The molecule has 6 heteroatoms. The van der Waals surface area contributed by atoms with Crippen molar-refractivity contribution in [3.05, 3.63) is 46.9 Å². The first-order valence-corrected chi connectivity index (χ1v) is 9.76. The highest BCUT2D eigenvalue weighted by atomic mass is 35.5. The van der Waals surface area contributed by atoms with E-state index in [-0.39, 0.29) is 10.6 Å².